The Hall–Kier alpha value is -3.94. The molecule has 29 heavy (non-hydrogen) atoms. The van der Waals surface area contributed by atoms with Gasteiger partial charge in [-0.25, -0.2) is 4.39 Å². The van der Waals surface area contributed by atoms with Crippen LogP contribution >= 0.6 is 0 Å². The van der Waals surface area contributed by atoms with Crippen molar-refractivity contribution in [2.75, 3.05) is 20.0 Å². The summed E-state index contributed by atoms with van der Waals surface area (Å²) in [5, 5.41) is 8.41. The lowest BCUT2D eigenvalue weighted by molar-refractivity contribution is 0.355. The summed E-state index contributed by atoms with van der Waals surface area (Å²) in [6.45, 7) is 0. The number of hydrogen-bond donors (Lipinski definition) is 1. The molecule has 2 heterocycles. The molecule has 7 nitrogen and oxygen atoms in total. The number of methoxy groups -OCH3 is 2. The Labute approximate surface area is 165 Å². The summed E-state index contributed by atoms with van der Waals surface area (Å²) in [7, 11) is 3.09. The highest BCUT2D eigenvalue weighted by atomic mass is 19.1. The molecule has 0 spiro atoms. The number of rotatable bonds is 5. The lowest BCUT2D eigenvalue weighted by Gasteiger charge is -2.13. The molecule has 0 aliphatic carbocycles. The highest BCUT2D eigenvalue weighted by molar-refractivity contribution is 5.88. The second kappa shape index (κ2) is 7.59. The van der Waals surface area contributed by atoms with Gasteiger partial charge in [-0.1, -0.05) is 0 Å². The molecule has 0 unspecified atom stereocenters. The van der Waals surface area contributed by atoms with Crippen LogP contribution in [0.25, 0.3) is 22.2 Å². The highest BCUT2D eigenvalue weighted by Gasteiger charge is 2.14. The standard InChI is InChI=1S/C21H17FN4O3/c1-27-19-10-13-16(11-20(19)28-2)24-8-7-17(13)29-18-5-3-12(9-14(18)22)15-4-6-21(23)26-25-15/h3-11H,1-2H3,(H2,23,26). The quantitative estimate of drug-likeness (QED) is 0.543. The lowest BCUT2D eigenvalue weighted by atomic mass is 10.1. The summed E-state index contributed by atoms with van der Waals surface area (Å²) < 4.78 is 31.2. The Morgan fingerprint density at radius 1 is 0.828 bits per heavy atom. The minimum atomic E-state index is -0.536. The van der Waals surface area contributed by atoms with Crippen LogP contribution in [-0.4, -0.2) is 29.4 Å². The number of aromatic nitrogens is 3. The van der Waals surface area contributed by atoms with Gasteiger partial charge in [0.05, 0.1) is 25.4 Å². The van der Waals surface area contributed by atoms with Gasteiger partial charge in [0.2, 0.25) is 0 Å². The SMILES string of the molecule is COc1cc2nccc(Oc3ccc(-c4ccc(N)nn4)cc3F)c2cc1OC. The average Bonchev–Trinajstić information content (AvgIpc) is 2.75. The molecule has 0 atom stereocenters. The number of halogens is 1. The van der Waals surface area contributed by atoms with Gasteiger partial charge < -0.3 is 19.9 Å². The summed E-state index contributed by atoms with van der Waals surface area (Å²) in [5.74, 6) is 1.34. The number of nitrogens with zero attached hydrogens (tertiary/aromatic N) is 3. The second-order valence-corrected chi connectivity index (χ2v) is 6.12. The van der Waals surface area contributed by atoms with Gasteiger partial charge in [0.15, 0.2) is 23.1 Å². The first-order valence-electron chi connectivity index (χ1n) is 8.67. The number of benzene rings is 2. The number of pyridine rings is 1. The highest BCUT2D eigenvalue weighted by Crippen LogP contribution is 2.37. The van der Waals surface area contributed by atoms with Crippen LogP contribution in [-0.2, 0) is 0 Å². The van der Waals surface area contributed by atoms with Crippen molar-refractivity contribution in [1.29, 1.82) is 0 Å². The third-order valence-electron chi connectivity index (χ3n) is 4.34. The van der Waals surface area contributed by atoms with E-state index in [4.69, 9.17) is 19.9 Å². The van der Waals surface area contributed by atoms with Gasteiger partial charge in [-0.15, -0.1) is 10.2 Å². The van der Waals surface area contributed by atoms with Crippen LogP contribution in [0.2, 0.25) is 0 Å². The van der Waals surface area contributed by atoms with E-state index in [1.807, 2.05) is 0 Å². The predicted molar refractivity (Wildman–Crippen MR) is 107 cm³/mol. The van der Waals surface area contributed by atoms with E-state index < -0.39 is 5.82 Å². The number of fused-ring (bicyclic) bond motifs is 1. The maximum absolute atomic E-state index is 14.7. The molecule has 2 aromatic heterocycles. The van der Waals surface area contributed by atoms with Gasteiger partial charge in [0.25, 0.3) is 0 Å². The van der Waals surface area contributed by atoms with Crippen molar-refractivity contribution in [2.24, 2.45) is 0 Å². The first-order valence-corrected chi connectivity index (χ1v) is 8.67. The normalized spacial score (nSPS) is 10.7. The van der Waals surface area contributed by atoms with Crippen LogP contribution in [0, 0.1) is 5.82 Å². The summed E-state index contributed by atoms with van der Waals surface area (Å²) in [4.78, 5) is 4.32. The van der Waals surface area contributed by atoms with Gasteiger partial charge in [0, 0.05) is 23.2 Å². The molecule has 4 aromatic rings. The summed E-state index contributed by atoms with van der Waals surface area (Å²) in [6.07, 6.45) is 1.58. The van der Waals surface area contributed by atoms with Gasteiger partial charge in [-0.05, 0) is 42.5 Å². The number of nitrogens with two attached hydrogens (primary N) is 1. The van der Waals surface area contributed by atoms with Crippen molar-refractivity contribution in [2.45, 2.75) is 0 Å². The van der Waals surface area contributed by atoms with E-state index >= 15 is 0 Å². The molecular weight excluding hydrogens is 375 g/mol. The zero-order valence-corrected chi connectivity index (χ0v) is 15.7. The van der Waals surface area contributed by atoms with Gasteiger partial charge in [-0.2, -0.15) is 0 Å². The van der Waals surface area contributed by atoms with E-state index in [9.17, 15) is 4.39 Å². The topological polar surface area (TPSA) is 92.4 Å². The Kier molecular flexibility index (Phi) is 4.82. The fraction of sp³-hybridized carbons (Fsp3) is 0.0952. The number of hydrogen-bond acceptors (Lipinski definition) is 7. The molecule has 0 bridgehead atoms. The summed E-state index contributed by atoms with van der Waals surface area (Å²) in [5.41, 5.74) is 7.25. The van der Waals surface area contributed by atoms with E-state index in [0.717, 1.165) is 0 Å². The summed E-state index contributed by atoms with van der Waals surface area (Å²) in [6, 6.07) is 13.0. The Balaban J connectivity index is 1.70. The zero-order valence-electron chi connectivity index (χ0n) is 15.7. The molecular formula is C21H17FN4O3. The molecule has 0 aliphatic rings. The van der Waals surface area contributed by atoms with Crippen molar-refractivity contribution >= 4 is 16.7 Å². The zero-order chi connectivity index (χ0) is 20.4. The fourth-order valence-electron chi connectivity index (χ4n) is 2.89. The smallest absolute Gasteiger partial charge is 0.166 e. The van der Waals surface area contributed by atoms with E-state index in [0.29, 0.717) is 45.2 Å². The first kappa shape index (κ1) is 18.4. The molecule has 146 valence electrons. The average molecular weight is 392 g/mol. The van der Waals surface area contributed by atoms with Crippen LogP contribution in [0.3, 0.4) is 0 Å². The van der Waals surface area contributed by atoms with Gasteiger partial charge >= 0.3 is 0 Å². The number of anilines is 1. The largest absolute Gasteiger partial charge is 0.493 e. The molecule has 0 saturated heterocycles. The molecule has 2 aromatic carbocycles. The van der Waals surface area contributed by atoms with Crippen LogP contribution in [0.4, 0.5) is 10.2 Å². The molecule has 0 aliphatic heterocycles. The summed E-state index contributed by atoms with van der Waals surface area (Å²) >= 11 is 0. The number of nitrogen functional groups attached to an aromatic ring is 1. The van der Waals surface area contributed by atoms with E-state index in [-0.39, 0.29) is 5.75 Å². The van der Waals surface area contributed by atoms with E-state index in [1.54, 1.807) is 56.8 Å². The van der Waals surface area contributed by atoms with Crippen molar-refractivity contribution in [3.63, 3.8) is 0 Å². The predicted octanol–water partition coefficient (Wildman–Crippen LogP) is 4.22. The van der Waals surface area contributed by atoms with E-state index in [2.05, 4.69) is 15.2 Å². The Morgan fingerprint density at radius 2 is 1.62 bits per heavy atom. The van der Waals surface area contributed by atoms with Crippen molar-refractivity contribution in [3.8, 4) is 34.3 Å². The molecule has 2 N–H and O–H groups in total. The Morgan fingerprint density at radius 3 is 2.31 bits per heavy atom. The molecule has 4 rings (SSSR count). The fourth-order valence-corrected chi connectivity index (χ4v) is 2.89. The third-order valence-corrected chi connectivity index (χ3v) is 4.34. The molecule has 8 heteroatoms. The van der Waals surface area contributed by atoms with Crippen LogP contribution in [0.1, 0.15) is 0 Å². The van der Waals surface area contributed by atoms with Crippen molar-refractivity contribution in [3.05, 3.63) is 60.5 Å². The van der Waals surface area contributed by atoms with Gasteiger partial charge in [-0.3, -0.25) is 4.98 Å². The van der Waals surface area contributed by atoms with Crippen LogP contribution in [0.5, 0.6) is 23.0 Å². The maximum Gasteiger partial charge on any atom is 0.166 e. The van der Waals surface area contributed by atoms with Crippen molar-refractivity contribution in [1.82, 2.24) is 15.2 Å². The van der Waals surface area contributed by atoms with Crippen molar-refractivity contribution < 1.29 is 18.6 Å². The maximum atomic E-state index is 14.7. The van der Waals surface area contributed by atoms with E-state index in [1.165, 1.54) is 12.1 Å². The monoisotopic (exact) mass is 392 g/mol. The van der Waals surface area contributed by atoms with Crippen LogP contribution in [0.15, 0.2) is 54.7 Å². The Bertz CT molecular complexity index is 1180. The van der Waals surface area contributed by atoms with Gasteiger partial charge in [0.1, 0.15) is 11.6 Å². The minimum absolute atomic E-state index is 0.0689. The van der Waals surface area contributed by atoms with Crippen LogP contribution < -0.4 is 19.9 Å². The lowest BCUT2D eigenvalue weighted by Crippen LogP contribution is -1.96. The minimum Gasteiger partial charge on any atom is -0.493 e. The third kappa shape index (κ3) is 3.60. The first-order chi connectivity index (χ1) is 14.1. The second-order valence-electron chi connectivity index (χ2n) is 6.12. The number of ether oxygens (including phenoxy) is 3. The molecule has 0 saturated carbocycles. The molecule has 0 amide bonds. The molecule has 0 radical (unpaired) electrons. The molecule has 0 fully saturated rings.